The van der Waals surface area contributed by atoms with E-state index in [0.29, 0.717) is 13.1 Å². The largest absolute Gasteiger partial charge is 0.334 e. The number of rotatable bonds is 5. The fraction of sp³-hybridized carbons (Fsp3) is 0.750. The van der Waals surface area contributed by atoms with E-state index in [2.05, 4.69) is 5.32 Å². The molecule has 0 aliphatic carbocycles. The molecule has 4 nitrogen and oxygen atoms in total. The molecule has 0 fully saturated rings. The Bertz CT molecular complexity index is 168. The minimum Gasteiger partial charge on any atom is -0.334 e. The Balaban J connectivity index is 3.87. The number of nitrogens with zero attached hydrogens (tertiary/aromatic N) is 1. The molecule has 0 spiro atoms. The standard InChI is InChI=1S/C8H16N2O2/c1-7(11)6-10(8(2)12)5-4-9-3/h9H,4-6H2,1-3H3. The summed E-state index contributed by atoms with van der Waals surface area (Å²) in [6.45, 7) is 4.48. The fourth-order valence-corrected chi connectivity index (χ4v) is 0.863. The molecule has 0 aliphatic rings. The zero-order chi connectivity index (χ0) is 9.56. The molecule has 0 saturated heterocycles. The predicted molar refractivity (Wildman–Crippen MR) is 46.9 cm³/mol. The highest BCUT2D eigenvalue weighted by Crippen LogP contribution is 1.88. The van der Waals surface area contributed by atoms with Crippen molar-refractivity contribution >= 4 is 11.7 Å². The van der Waals surface area contributed by atoms with Crippen LogP contribution in [-0.2, 0) is 9.59 Å². The molecule has 0 radical (unpaired) electrons. The third-order valence-corrected chi connectivity index (χ3v) is 1.49. The highest BCUT2D eigenvalue weighted by atomic mass is 16.2. The van der Waals surface area contributed by atoms with Gasteiger partial charge in [-0.25, -0.2) is 0 Å². The van der Waals surface area contributed by atoms with Crippen molar-refractivity contribution in [2.24, 2.45) is 0 Å². The monoisotopic (exact) mass is 172 g/mol. The van der Waals surface area contributed by atoms with Crippen molar-refractivity contribution in [1.29, 1.82) is 0 Å². The first-order valence-electron chi connectivity index (χ1n) is 3.97. The summed E-state index contributed by atoms with van der Waals surface area (Å²) in [6.07, 6.45) is 0. The minimum atomic E-state index is -0.0551. The second-order valence-electron chi connectivity index (χ2n) is 2.75. The summed E-state index contributed by atoms with van der Waals surface area (Å²) in [6, 6.07) is 0. The molecular formula is C8H16N2O2. The second kappa shape index (κ2) is 5.71. The summed E-state index contributed by atoms with van der Waals surface area (Å²) in [4.78, 5) is 23.2. The number of Topliss-reactive ketones (excluding diaryl/α,β-unsaturated/α-hetero) is 1. The molecule has 0 heterocycles. The van der Waals surface area contributed by atoms with Gasteiger partial charge in [-0.05, 0) is 14.0 Å². The van der Waals surface area contributed by atoms with Gasteiger partial charge in [-0.3, -0.25) is 9.59 Å². The van der Waals surface area contributed by atoms with Crippen LogP contribution in [-0.4, -0.2) is 43.3 Å². The Kier molecular flexibility index (Phi) is 5.28. The SMILES string of the molecule is CNCCN(CC(C)=O)C(C)=O. The maximum Gasteiger partial charge on any atom is 0.219 e. The lowest BCUT2D eigenvalue weighted by Crippen LogP contribution is -2.37. The lowest BCUT2D eigenvalue weighted by Gasteiger charge is -2.18. The Hall–Kier alpha value is -0.900. The first kappa shape index (κ1) is 11.1. The van der Waals surface area contributed by atoms with Gasteiger partial charge in [0.2, 0.25) is 5.91 Å². The van der Waals surface area contributed by atoms with E-state index in [1.54, 1.807) is 0 Å². The summed E-state index contributed by atoms with van der Waals surface area (Å²) in [5.41, 5.74) is 0. The van der Waals surface area contributed by atoms with E-state index in [0.717, 1.165) is 0 Å². The molecule has 0 saturated carbocycles. The molecule has 0 rings (SSSR count). The number of carbonyl (C=O) groups excluding carboxylic acids is 2. The van der Waals surface area contributed by atoms with Crippen molar-refractivity contribution in [2.75, 3.05) is 26.7 Å². The molecular weight excluding hydrogens is 156 g/mol. The number of hydrogen-bond donors (Lipinski definition) is 1. The van der Waals surface area contributed by atoms with Gasteiger partial charge < -0.3 is 10.2 Å². The van der Waals surface area contributed by atoms with E-state index in [1.807, 2.05) is 7.05 Å². The van der Waals surface area contributed by atoms with Gasteiger partial charge in [0.05, 0.1) is 6.54 Å². The Morgan fingerprint density at radius 1 is 1.33 bits per heavy atom. The third-order valence-electron chi connectivity index (χ3n) is 1.49. The van der Waals surface area contributed by atoms with Crippen LogP contribution in [0.2, 0.25) is 0 Å². The van der Waals surface area contributed by atoms with Crippen molar-refractivity contribution in [3.8, 4) is 0 Å². The van der Waals surface area contributed by atoms with Crippen LogP contribution in [0.15, 0.2) is 0 Å². The van der Waals surface area contributed by atoms with E-state index < -0.39 is 0 Å². The van der Waals surface area contributed by atoms with Gasteiger partial charge in [-0.1, -0.05) is 0 Å². The molecule has 0 bridgehead atoms. The first-order valence-corrected chi connectivity index (χ1v) is 3.97. The van der Waals surface area contributed by atoms with Gasteiger partial charge in [-0.15, -0.1) is 0 Å². The molecule has 0 aromatic rings. The average molecular weight is 172 g/mol. The third kappa shape index (κ3) is 4.85. The van der Waals surface area contributed by atoms with Gasteiger partial charge in [0, 0.05) is 20.0 Å². The van der Waals surface area contributed by atoms with Gasteiger partial charge in [0.15, 0.2) is 0 Å². The van der Waals surface area contributed by atoms with Crippen molar-refractivity contribution < 1.29 is 9.59 Å². The molecule has 70 valence electrons. The lowest BCUT2D eigenvalue weighted by atomic mass is 10.3. The number of likely N-dealkylation sites (N-methyl/N-ethyl adjacent to an activating group) is 1. The van der Waals surface area contributed by atoms with Crippen LogP contribution in [0.25, 0.3) is 0 Å². The van der Waals surface area contributed by atoms with Crippen LogP contribution in [0.3, 0.4) is 0 Å². The van der Waals surface area contributed by atoms with Gasteiger partial charge in [0.25, 0.3) is 0 Å². The van der Waals surface area contributed by atoms with Crippen molar-refractivity contribution in [3.05, 3.63) is 0 Å². The summed E-state index contributed by atoms with van der Waals surface area (Å²) in [5, 5.41) is 2.92. The second-order valence-corrected chi connectivity index (χ2v) is 2.75. The summed E-state index contributed by atoms with van der Waals surface area (Å²) in [5.74, 6) is -0.0400. The molecule has 0 aliphatic heterocycles. The van der Waals surface area contributed by atoms with Crippen LogP contribution in [0.4, 0.5) is 0 Å². The summed E-state index contributed by atoms with van der Waals surface area (Å²) < 4.78 is 0. The first-order chi connectivity index (χ1) is 5.57. The number of carbonyl (C=O) groups is 2. The predicted octanol–water partition coefficient (Wildman–Crippen LogP) is -0.357. The molecule has 0 atom stereocenters. The lowest BCUT2D eigenvalue weighted by molar-refractivity contribution is -0.132. The number of nitrogens with one attached hydrogen (secondary N) is 1. The smallest absolute Gasteiger partial charge is 0.219 e. The topological polar surface area (TPSA) is 49.4 Å². The maximum atomic E-state index is 10.9. The molecule has 1 N–H and O–H groups in total. The van der Waals surface area contributed by atoms with Crippen LogP contribution in [0.1, 0.15) is 13.8 Å². The quantitative estimate of drug-likeness (QED) is 0.616. The number of hydrogen-bond acceptors (Lipinski definition) is 3. The van der Waals surface area contributed by atoms with Crippen LogP contribution in [0, 0.1) is 0 Å². The van der Waals surface area contributed by atoms with Crippen LogP contribution < -0.4 is 5.32 Å². The molecule has 0 unspecified atom stereocenters. The normalized spacial score (nSPS) is 9.58. The minimum absolute atomic E-state index is 0.0151. The zero-order valence-corrected chi connectivity index (χ0v) is 7.89. The maximum absolute atomic E-state index is 10.9. The fourth-order valence-electron chi connectivity index (χ4n) is 0.863. The summed E-state index contributed by atoms with van der Waals surface area (Å²) in [7, 11) is 1.81. The Morgan fingerprint density at radius 2 is 1.92 bits per heavy atom. The van der Waals surface area contributed by atoms with E-state index in [-0.39, 0.29) is 18.2 Å². The van der Waals surface area contributed by atoms with Gasteiger partial charge >= 0.3 is 0 Å². The van der Waals surface area contributed by atoms with E-state index in [4.69, 9.17) is 0 Å². The van der Waals surface area contributed by atoms with E-state index >= 15 is 0 Å². The van der Waals surface area contributed by atoms with Crippen molar-refractivity contribution in [2.45, 2.75) is 13.8 Å². The van der Waals surface area contributed by atoms with Crippen molar-refractivity contribution in [3.63, 3.8) is 0 Å². The molecule has 12 heavy (non-hydrogen) atoms. The summed E-state index contributed by atoms with van der Waals surface area (Å²) >= 11 is 0. The number of amides is 1. The molecule has 4 heteroatoms. The van der Waals surface area contributed by atoms with Gasteiger partial charge in [0.1, 0.15) is 5.78 Å². The van der Waals surface area contributed by atoms with Crippen molar-refractivity contribution in [1.82, 2.24) is 10.2 Å². The highest BCUT2D eigenvalue weighted by molar-refractivity contribution is 5.83. The Morgan fingerprint density at radius 3 is 2.25 bits per heavy atom. The highest BCUT2D eigenvalue weighted by Gasteiger charge is 2.08. The van der Waals surface area contributed by atoms with Gasteiger partial charge in [-0.2, -0.15) is 0 Å². The number of ketones is 1. The van der Waals surface area contributed by atoms with E-state index in [9.17, 15) is 9.59 Å². The molecule has 0 aromatic carbocycles. The van der Waals surface area contributed by atoms with E-state index in [1.165, 1.54) is 18.7 Å². The zero-order valence-electron chi connectivity index (χ0n) is 7.89. The average Bonchev–Trinajstić information content (AvgIpc) is 1.96. The van der Waals surface area contributed by atoms with Crippen LogP contribution in [0.5, 0.6) is 0 Å². The molecule has 0 aromatic heterocycles. The van der Waals surface area contributed by atoms with Crippen LogP contribution >= 0.6 is 0 Å². The molecule has 1 amide bonds. The Labute approximate surface area is 72.9 Å².